The Balaban J connectivity index is 1.27. The Morgan fingerprint density at radius 2 is 1.65 bits per heavy atom. The van der Waals surface area contributed by atoms with Crippen LogP contribution in [-0.2, 0) is 9.53 Å². The van der Waals surface area contributed by atoms with Gasteiger partial charge in [0.1, 0.15) is 11.5 Å². The lowest BCUT2D eigenvalue weighted by Crippen LogP contribution is -2.18. The number of anilines is 1. The summed E-state index contributed by atoms with van der Waals surface area (Å²) in [5, 5.41) is 7.89. The molecular formula is C45H57N3O5S. The molecule has 0 radical (unpaired) electrons. The molecule has 5 rings (SSSR count). The van der Waals surface area contributed by atoms with Crippen LogP contribution in [0.2, 0.25) is 0 Å². The van der Waals surface area contributed by atoms with Crippen LogP contribution in [0.4, 0.5) is 5.13 Å². The number of fused-ring (bicyclic) bond motifs is 1. The standard InChI is InChI=1S/C45H57N3O5S/c1-4-7-8-13-29-48(45-47-40-17-11-12-18-42(40)54-45)46-33-38-32-37(35-21-19-34(16-5-2)20-22-35)25-28-41(38)53-44(50)36-23-26-39(27-24-36)51-30-14-9-10-15-31-52-43(49)6-3/h6,11-12,17-18,23-28,32-35H,3-5,7-10,13-16,19-22,29-31H2,1-2H3/b46-33+. The maximum Gasteiger partial charge on any atom is 0.343 e. The SMILES string of the molecule is C=CC(=O)OCCCCCCOc1ccc(C(=O)Oc2ccc(C3CCC(CCC)CC3)cc2/C=N/N(CCCCCC)c2nc3ccccc3s2)cc1. The van der Waals surface area contributed by atoms with Gasteiger partial charge in [-0.15, -0.1) is 0 Å². The fourth-order valence-corrected chi connectivity index (χ4v) is 7.98. The van der Waals surface area contributed by atoms with Crippen molar-refractivity contribution >= 4 is 44.8 Å². The van der Waals surface area contributed by atoms with Gasteiger partial charge in [-0.25, -0.2) is 19.6 Å². The second-order valence-electron chi connectivity index (χ2n) is 14.2. The predicted octanol–water partition coefficient (Wildman–Crippen LogP) is 11.7. The van der Waals surface area contributed by atoms with E-state index in [1.807, 2.05) is 35.5 Å². The summed E-state index contributed by atoms with van der Waals surface area (Å²) in [6, 6.07) is 21.5. The molecule has 4 aromatic rings. The molecule has 1 aliphatic rings. The zero-order chi connectivity index (χ0) is 38.0. The zero-order valence-corrected chi connectivity index (χ0v) is 33.0. The van der Waals surface area contributed by atoms with Crippen LogP contribution in [0, 0.1) is 5.92 Å². The topological polar surface area (TPSA) is 90.3 Å². The van der Waals surface area contributed by atoms with E-state index in [4.69, 9.17) is 24.3 Å². The van der Waals surface area contributed by atoms with Crippen LogP contribution in [-0.4, -0.2) is 42.9 Å². The van der Waals surface area contributed by atoms with Gasteiger partial charge in [-0.1, -0.05) is 82.1 Å². The first-order valence-electron chi connectivity index (χ1n) is 20.0. The highest BCUT2D eigenvalue weighted by Gasteiger charge is 2.23. The monoisotopic (exact) mass is 751 g/mol. The number of para-hydroxylation sites is 1. The van der Waals surface area contributed by atoms with Crippen LogP contribution < -0.4 is 14.5 Å². The van der Waals surface area contributed by atoms with Crippen molar-refractivity contribution in [2.24, 2.45) is 11.0 Å². The summed E-state index contributed by atoms with van der Waals surface area (Å²) in [6.45, 7) is 9.63. The lowest BCUT2D eigenvalue weighted by Gasteiger charge is -2.29. The number of nitrogens with zero attached hydrogens (tertiary/aromatic N) is 3. The van der Waals surface area contributed by atoms with Gasteiger partial charge in [-0.05, 0) is 124 Å². The number of aromatic nitrogens is 1. The number of thiazole rings is 1. The van der Waals surface area contributed by atoms with Gasteiger partial charge in [0.25, 0.3) is 0 Å². The predicted molar refractivity (Wildman–Crippen MR) is 221 cm³/mol. The summed E-state index contributed by atoms with van der Waals surface area (Å²) >= 11 is 1.65. The second-order valence-corrected chi connectivity index (χ2v) is 15.3. The first-order chi connectivity index (χ1) is 26.5. The molecule has 0 bridgehead atoms. The quantitative estimate of drug-likeness (QED) is 0.0197. The van der Waals surface area contributed by atoms with E-state index < -0.39 is 5.97 Å². The highest BCUT2D eigenvalue weighted by molar-refractivity contribution is 7.22. The molecule has 1 fully saturated rings. The van der Waals surface area contributed by atoms with Crippen LogP contribution >= 0.6 is 11.3 Å². The van der Waals surface area contributed by atoms with Gasteiger partial charge >= 0.3 is 11.9 Å². The van der Waals surface area contributed by atoms with Gasteiger partial charge in [0.05, 0.1) is 35.2 Å². The van der Waals surface area contributed by atoms with Gasteiger partial charge < -0.3 is 14.2 Å². The molecule has 1 aliphatic carbocycles. The van der Waals surface area contributed by atoms with E-state index in [-0.39, 0.29) is 5.97 Å². The summed E-state index contributed by atoms with van der Waals surface area (Å²) < 4.78 is 18.1. The Hall–Kier alpha value is -4.50. The zero-order valence-electron chi connectivity index (χ0n) is 32.2. The highest BCUT2D eigenvalue weighted by Crippen LogP contribution is 2.39. The summed E-state index contributed by atoms with van der Waals surface area (Å²) in [6.07, 6.45) is 18.6. The Morgan fingerprint density at radius 3 is 2.39 bits per heavy atom. The smallest absolute Gasteiger partial charge is 0.343 e. The molecule has 0 saturated heterocycles. The molecule has 1 heterocycles. The number of hydrogen-bond acceptors (Lipinski definition) is 9. The first kappa shape index (κ1) is 40.7. The Labute approximate surface area is 325 Å². The van der Waals surface area contributed by atoms with Crippen LogP contribution in [0.3, 0.4) is 0 Å². The van der Waals surface area contributed by atoms with Crippen LogP contribution in [0.1, 0.15) is 131 Å². The van der Waals surface area contributed by atoms with Gasteiger partial charge in [0, 0.05) is 18.2 Å². The van der Waals surface area contributed by atoms with Crippen molar-refractivity contribution in [3.05, 3.63) is 96.1 Å². The van der Waals surface area contributed by atoms with Crippen molar-refractivity contribution in [3.63, 3.8) is 0 Å². The van der Waals surface area contributed by atoms with Crippen molar-refractivity contribution in [1.29, 1.82) is 0 Å². The minimum atomic E-state index is -0.427. The second kappa shape index (κ2) is 22.0. The lowest BCUT2D eigenvalue weighted by atomic mass is 9.77. The number of unbranched alkanes of at least 4 members (excludes halogenated alkanes) is 6. The Bertz CT molecular complexity index is 1760. The van der Waals surface area contributed by atoms with E-state index in [0.717, 1.165) is 71.9 Å². The van der Waals surface area contributed by atoms with Gasteiger partial charge in [0.15, 0.2) is 0 Å². The molecule has 54 heavy (non-hydrogen) atoms. The minimum absolute atomic E-state index is 0.385. The number of carbonyl (C=O) groups is 2. The Morgan fingerprint density at radius 1 is 0.889 bits per heavy atom. The average molecular weight is 752 g/mol. The number of hydrazone groups is 1. The average Bonchev–Trinajstić information content (AvgIpc) is 3.64. The van der Waals surface area contributed by atoms with E-state index >= 15 is 0 Å². The summed E-state index contributed by atoms with van der Waals surface area (Å²) in [5.41, 5.74) is 3.48. The van der Waals surface area contributed by atoms with Crippen molar-refractivity contribution in [3.8, 4) is 11.5 Å². The van der Waals surface area contributed by atoms with Crippen LogP contribution in [0.5, 0.6) is 11.5 Å². The van der Waals surface area contributed by atoms with E-state index in [2.05, 4.69) is 38.6 Å². The van der Waals surface area contributed by atoms with Gasteiger partial charge in [-0.3, -0.25) is 0 Å². The number of carbonyl (C=O) groups excluding carboxylic acids is 2. The first-order valence-corrected chi connectivity index (χ1v) is 20.8. The molecule has 0 spiro atoms. The maximum absolute atomic E-state index is 13.5. The van der Waals surface area contributed by atoms with E-state index in [0.29, 0.717) is 36.2 Å². The van der Waals surface area contributed by atoms with Crippen molar-refractivity contribution < 1.29 is 23.8 Å². The number of rotatable bonds is 22. The number of hydrogen-bond donors (Lipinski definition) is 0. The lowest BCUT2D eigenvalue weighted by molar-refractivity contribution is -0.137. The third-order valence-corrected chi connectivity index (χ3v) is 11.2. The van der Waals surface area contributed by atoms with E-state index in [9.17, 15) is 9.59 Å². The van der Waals surface area contributed by atoms with E-state index in [1.54, 1.807) is 35.6 Å². The van der Waals surface area contributed by atoms with Gasteiger partial charge in [0.2, 0.25) is 5.13 Å². The fraction of sp³-hybridized carbons (Fsp3) is 0.467. The molecule has 288 valence electrons. The molecule has 0 amide bonds. The molecule has 0 atom stereocenters. The highest BCUT2D eigenvalue weighted by atomic mass is 32.1. The van der Waals surface area contributed by atoms with E-state index in [1.165, 1.54) is 63.0 Å². The van der Waals surface area contributed by atoms with Crippen molar-refractivity contribution in [2.75, 3.05) is 24.8 Å². The number of ether oxygens (including phenoxy) is 3. The van der Waals surface area contributed by atoms with Crippen molar-refractivity contribution in [2.45, 2.75) is 110 Å². The normalized spacial score (nSPS) is 15.7. The fourth-order valence-electron chi connectivity index (χ4n) is 7.03. The molecule has 9 heteroatoms. The molecule has 8 nitrogen and oxygen atoms in total. The Kier molecular flexibility index (Phi) is 16.6. The largest absolute Gasteiger partial charge is 0.494 e. The number of benzene rings is 3. The molecule has 0 aliphatic heterocycles. The van der Waals surface area contributed by atoms with Crippen molar-refractivity contribution in [1.82, 2.24) is 4.98 Å². The third kappa shape index (κ3) is 12.5. The molecule has 0 N–H and O–H groups in total. The summed E-state index contributed by atoms with van der Waals surface area (Å²) in [5.74, 6) is 1.69. The summed E-state index contributed by atoms with van der Waals surface area (Å²) in [7, 11) is 0. The number of esters is 2. The molecule has 1 aromatic heterocycles. The molecule has 0 unspecified atom stereocenters. The molecule has 3 aromatic carbocycles. The third-order valence-electron chi connectivity index (χ3n) is 10.1. The maximum atomic E-state index is 13.5. The summed E-state index contributed by atoms with van der Waals surface area (Å²) in [4.78, 5) is 29.6. The molecule has 1 saturated carbocycles. The van der Waals surface area contributed by atoms with Gasteiger partial charge in [-0.2, -0.15) is 5.10 Å². The molecular weight excluding hydrogens is 695 g/mol. The van der Waals surface area contributed by atoms with Crippen LogP contribution in [0.25, 0.3) is 10.2 Å². The van der Waals surface area contributed by atoms with Crippen LogP contribution in [0.15, 0.2) is 84.5 Å². The minimum Gasteiger partial charge on any atom is -0.494 e.